The summed E-state index contributed by atoms with van der Waals surface area (Å²) >= 11 is 0. The molecule has 0 spiro atoms. The zero-order valence-corrected chi connectivity index (χ0v) is 18.5. The molecule has 1 aromatic rings. The minimum Gasteiger partial charge on any atom is -0.444 e. The van der Waals surface area contributed by atoms with E-state index < -0.39 is 16.1 Å². The molecule has 1 saturated heterocycles. The highest BCUT2D eigenvalue weighted by molar-refractivity contribution is 7.81. The van der Waals surface area contributed by atoms with Gasteiger partial charge in [-0.3, -0.25) is 4.90 Å². The Kier molecular flexibility index (Phi) is 7.17. The Bertz CT molecular complexity index is 962. The van der Waals surface area contributed by atoms with Gasteiger partial charge >= 0.3 is 16.6 Å². The second kappa shape index (κ2) is 9.07. The lowest BCUT2D eigenvalue weighted by Gasteiger charge is -2.36. The minimum atomic E-state index is -5.24. The number of ether oxygens (including phenoxy) is 1. The van der Waals surface area contributed by atoms with Crippen molar-refractivity contribution in [3.05, 3.63) is 33.2 Å². The van der Waals surface area contributed by atoms with E-state index in [-0.39, 0.29) is 23.1 Å². The number of benzene rings is 1. The lowest BCUT2D eigenvalue weighted by Crippen LogP contribution is -2.49. The first-order chi connectivity index (χ1) is 13.8. The first-order valence-corrected chi connectivity index (χ1v) is 10.6. The van der Waals surface area contributed by atoms with Gasteiger partial charge in [0, 0.05) is 48.9 Å². The van der Waals surface area contributed by atoms with Crippen molar-refractivity contribution in [1.82, 2.24) is 9.80 Å². The molecule has 1 fully saturated rings. The van der Waals surface area contributed by atoms with Crippen molar-refractivity contribution in [1.29, 1.82) is 0 Å². The molecule has 1 aromatic carbocycles. The molecule has 12 heteroatoms. The predicted octanol–water partition coefficient (Wildman–Crippen LogP) is 3.89. The molecule has 1 aliphatic heterocycles. The van der Waals surface area contributed by atoms with Crippen LogP contribution in [0, 0.1) is 13.8 Å². The van der Waals surface area contributed by atoms with Crippen molar-refractivity contribution in [3.8, 4) is 5.75 Å². The number of carbonyl (C=O) groups excluding carboxylic acids is 1. The van der Waals surface area contributed by atoms with Crippen molar-refractivity contribution in [3.63, 3.8) is 0 Å². The van der Waals surface area contributed by atoms with Gasteiger partial charge in [-0.1, -0.05) is 9.00 Å². The lowest BCUT2D eigenvalue weighted by molar-refractivity contribution is 0.0139. The summed E-state index contributed by atoms with van der Waals surface area (Å²) < 4.78 is 45.1. The molecule has 0 aliphatic carbocycles. The monoisotopic (exact) mass is 443 g/mol. The lowest BCUT2D eigenvalue weighted by atomic mass is 10.0. The van der Waals surface area contributed by atoms with Gasteiger partial charge in [-0.2, -0.15) is 8.42 Å². The Balaban J connectivity index is 2.19. The highest BCUT2D eigenvalue weighted by atomic mass is 32.3. The van der Waals surface area contributed by atoms with Crippen LogP contribution in [0.3, 0.4) is 0 Å². The SMILES string of the molecule is Cc1c(CN2CCN(C(=O)OC(C)(C)C)CC2)cc(N=[N+]=[N-])c(C)c1OS(=O)(=O)F. The van der Waals surface area contributed by atoms with Gasteiger partial charge in [-0.05, 0) is 57.3 Å². The van der Waals surface area contributed by atoms with E-state index >= 15 is 0 Å². The highest BCUT2D eigenvalue weighted by Crippen LogP contribution is 2.36. The van der Waals surface area contributed by atoms with E-state index in [1.54, 1.807) is 38.7 Å². The van der Waals surface area contributed by atoms with Gasteiger partial charge < -0.3 is 13.8 Å². The van der Waals surface area contributed by atoms with Crippen LogP contribution in [0.25, 0.3) is 10.4 Å². The third-order valence-electron chi connectivity index (χ3n) is 4.61. The molecule has 0 bridgehead atoms. The molecule has 30 heavy (non-hydrogen) atoms. The summed E-state index contributed by atoms with van der Waals surface area (Å²) in [5.41, 5.74) is 9.65. The average molecular weight is 444 g/mol. The quantitative estimate of drug-likeness (QED) is 0.294. The second-order valence-electron chi connectivity index (χ2n) is 8.04. The van der Waals surface area contributed by atoms with Gasteiger partial charge in [0.2, 0.25) is 0 Å². The van der Waals surface area contributed by atoms with Crippen molar-refractivity contribution < 1.29 is 26.0 Å². The molecule has 0 unspecified atom stereocenters. The molecule has 1 aliphatic rings. The van der Waals surface area contributed by atoms with E-state index in [1.165, 1.54) is 6.92 Å². The topological polar surface area (TPSA) is 125 Å². The zero-order valence-electron chi connectivity index (χ0n) is 17.7. The fourth-order valence-electron chi connectivity index (χ4n) is 3.12. The fourth-order valence-corrected chi connectivity index (χ4v) is 3.57. The Labute approximate surface area is 175 Å². The van der Waals surface area contributed by atoms with E-state index in [0.717, 1.165) is 0 Å². The summed E-state index contributed by atoms with van der Waals surface area (Å²) in [6.07, 6.45) is -0.372. The number of piperazine rings is 1. The van der Waals surface area contributed by atoms with Gasteiger partial charge in [0.1, 0.15) is 5.60 Å². The number of azide groups is 1. The molecule has 166 valence electrons. The van der Waals surface area contributed by atoms with Crippen LogP contribution in [0.2, 0.25) is 0 Å². The smallest absolute Gasteiger partial charge is 0.444 e. The first kappa shape index (κ1) is 23.7. The zero-order chi connectivity index (χ0) is 22.7. The number of nitrogens with zero attached hydrogens (tertiary/aromatic N) is 5. The van der Waals surface area contributed by atoms with Gasteiger partial charge in [0.05, 0.1) is 0 Å². The number of carbonyl (C=O) groups is 1. The van der Waals surface area contributed by atoms with E-state index in [1.807, 2.05) is 4.90 Å². The maximum absolute atomic E-state index is 13.2. The molecule has 0 atom stereocenters. The van der Waals surface area contributed by atoms with Crippen molar-refractivity contribution in [2.45, 2.75) is 46.8 Å². The predicted molar refractivity (Wildman–Crippen MR) is 108 cm³/mol. The van der Waals surface area contributed by atoms with Crippen LogP contribution in [0.4, 0.5) is 14.4 Å². The Hall–Kier alpha value is -2.56. The summed E-state index contributed by atoms with van der Waals surface area (Å²) in [5, 5.41) is 3.56. The van der Waals surface area contributed by atoms with Gasteiger partial charge in [-0.15, -0.1) is 0 Å². The average Bonchev–Trinajstić information content (AvgIpc) is 2.61. The number of amides is 1. The molecule has 0 radical (unpaired) electrons. The molecule has 0 aromatic heterocycles. The largest absolute Gasteiger partial charge is 0.488 e. The molecule has 0 N–H and O–H groups in total. The third kappa shape index (κ3) is 6.48. The molecule has 2 rings (SSSR count). The van der Waals surface area contributed by atoms with E-state index in [2.05, 4.69) is 14.2 Å². The maximum atomic E-state index is 13.2. The van der Waals surface area contributed by atoms with Gasteiger partial charge in [0.25, 0.3) is 0 Å². The van der Waals surface area contributed by atoms with Crippen molar-refractivity contribution in [2.75, 3.05) is 26.2 Å². The van der Waals surface area contributed by atoms with Crippen molar-refractivity contribution >= 4 is 22.3 Å². The number of hydrogen-bond donors (Lipinski definition) is 0. The Morgan fingerprint density at radius 2 is 1.83 bits per heavy atom. The van der Waals surface area contributed by atoms with Crippen LogP contribution in [-0.4, -0.2) is 56.1 Å². The van der Waals surface area contributed by atoms with Crippen LogP contribution in [0.15, 0.2) is 11.2 Å². The molecular weight excluding hydrogens is 417 g/mol. The fraction of sp³-hybridized carbons (Fsp3) is 0.611. The number of hydrogen-bond acceptors (Lipinski definition) is 7. The van der Waals surface area contributed by atoms with Gasteiger partial charge in [-0.25, -0.2) is 4.79 Å². The molecular formula is C18H26FN5O5S. The Morgan fingerprint density at radius 3 is 2.33 bits per heavy atom. The molecule has 1 amide bonds. The third-order valence-corrected chi connectivity index (χ3v) is 4.98. The summed E-state index contributed by atoms with van der Waals surface area (Å²) in [7, 11) is -5.24. The summed E-state index contributed by atoms with van der Waals surface area (Å²) in [6.45, 7) is 10.9. The summed E-state index contributed by atoms with van der Waals surface area (Å²) in [6, 6.07) is 1.63. The van der Waals surface area contributed by atoms with Crippen molar-refractivity contribution in [2.24, 2.45) is 5.11 Å². The van der Waals surface area contributed by atoms with Crippen LogP contribution in [-0.2, 0) is 21.8 Å². The standard InChI is InChI=1S/C18H26FN5O5S/c1-12-14(10-15(21-22-20)13(2)16(12)29-30(19,26)27)11-23-6-8-24(9-7-23)17(25)28-18(3,4)5/h10H,6-9,11H2,1-5H3. The van der Waals surface area contributed by atoms with E-state index in [0.29, 0.717) is 43.9 Å². The number of halogens is 1. The maximum Gasteiger partial charge on any atom is 0.488 e. The van der Waals surface area contributed by atoms with Crippen LogP contribution < -0.4 is 4.18 Å². The summed E-state index contributed by atoms with van der Waals surface area (Å²) in [5.74, 6) is -0.190. The normalized spacial score (nSPS) is 15.5. The first-order valence-electron chi connectivity index (χ1n) is 9.33. The van der Waals surface area contributed by atoms with Crippen LogP contribution >= 0.6 is 0 Å². The Morgan fingerprint density at radius 1 is 1.23 bits per heavy atom. The minimum absolute atomic E-state index is 0.157. The van der Waals surface area contributed by atoms with E-state index in [4.69, 9.17) is 10.3 Å². The van der Waals surface area contributed by atoms with Crippen LogP contribution in [0.5, 0.6) is 5.75 Å². The second-order valence-corrected chi connectivity index (χ2v) is 9.00. The number of rotatable bonds is 5. The highest BCUT2D eigenvalue weighted by Gasteiger charge is 2.27. The summed E-state index contributed by atoms with van der Waals surface area (Å²) in [4.78, 5) is 18.6. The van der Waals surface area contributed by atoms with Gasteiger partial charge in [0.15, 0.2) is 5.75 Å². The van der Waals surface area contributed by atoms with Crippen LogP contribution in [0.1, 0.15) is 37.5 Å². The molecule has 0 saturated carbocycles. The molecule has 1 heterocycles. The molecule has 10 nitrogen and oxygen atoms in total. The van der Waals surface area contributed by atoms with E-state index in [9.17, 15) is 17.1 Å².